The first-order valence-corrected chi connectivity index (χ1v) is 4.61. The molecule has 1 rings (SSSR count). The van der Waals surface area contributed by atoms with Crippen molar-refractivity contribution < 1.29 is 22.7 Å². The molecule has 1 aromatic rings. The van der Waals surface area contributed by atoms with Crippen LogP contribution < -0.4 is 10.1 Å². The summed E-state index contributed by atoms with van der Waals surface area (Å²) >= 11 is 0. The van der Waals surface area contributed by atoms with Gasteiger partial charge in [-0.1, -0.05) is 18.7 Å². The molecule has 0 atom stereocenters. The molecular formula is C11H10F3NO2. The second-order valence-electron chi connectivity index (χ2n) is 3.09. The van der Waals surface area contributed by atoms with Gasteiger partial charge in [0.05, 0.1) is 5.56 Å². The molecule has 1 aromatic carbocycles. The normalized spacial score (nSPS) is 10.8. The Balaban J connectivity index is 3.20. The molecular weight excluding hydrogens is 235 g/mol. The average molecular weight is 245 g/mol. The van der Waals surface area contributed by atoms with Gasteiger partial charge in [0, 0.05) is 7.05 Å². The summed E-state index contributed by atoms with van der Waals surface area (Å²) in [6, 6.07) is 3.72. The van der Waals surface area contributed by atoms with Crippen molar-refractivity contribution >= 4 is 12.0 Å². The van der Waals surface area contributed by atoms with Gasteiger partial charge in [0.1, 0.15) is 5.75 Å². The topological polar surface area (TPSA) is 38.3 Å². The number of nitrogens with one attached hydrogen (secondary N) is 1. The molecule has 0 radical (unpaired) electrons. The first-order chi connectivity index (χ1) is 7.87. The Hall–Kier alpha value is -1.98. The van der Waals surface area contributed by atoms with E-state index in [1.807, 2.05) is 0 Å². The van der Waals surface area contributed by atoms with E-state index >= 15 is 0 Å². The third-order valence-electron chi connectivity index (χ3n) is 1.94. The van der Waals surface area contributed by atoms with Crippen molar-refractivity contribution in [3.8, 4) is 5.75 Å². The van der Waals surface area contributed by atoms with Crippen LogP contribution in [0.25, 0.3) is 6.08 Å². The zero-order valence-corrected chi connectivity index (χ0v) is 8.97. The van der Waals surface area contributed by atoms with Gasteiger partial charge in [0.15, 0.2) is 0 Å². The first-order valence-electron chi connectivity index (χ1n) is 4.61. The molecule has 0 saturated carbocycles. The third kappa shape index (κ3) is 3.51. The van der Waals surface area contributed by atoms with Crippen LogP contribution in [0.4, 0.5) is 13.2 Å². The van der Waals surface area contributed by atoms with E-state index < -0.39 is 18.0 Å². The van der Waals surface area contributed by atoms with E-state index in [1.54, 1.807) is 0 Å². The second kappa shape index (κ2) is 4.90. The van der Waals surface area contributed by atoms with Crippen LogP contribution in [0.5, 0.6) is 5.75 Å². The van der Waals surface area contributed by atoms with Crippen LogP contribution in [0.15, 0.2) is 24.8 Å². The molecule has 1 N–H and O–H groups in total. The highest BCUT2D eigenvalue weighted by molar-refractivity contribution is 5.97. The molecule has 6 heteroatoms. The molecule has 17 heavy (non-hydrogen) atoms. The highest BCUT2D eigenvalue weighted by Gasteiger charge is 2.32. The molecule has 0 unspecified atom stereocenters. The van der Waals surface area contributed by atoms with Crippen molar-refractivity contribution in [1.29, 1.82) is 0 Å². The van der Waals surface area contributed by atoms with Crippen molar-refractivity contribution in [1.82, 2.24) is 5.32 Å². The Morgan fingerprint density at radius 2 is 2.12 bits per heavy atom. The number of carbonyl (C=O) groups is 1. The van der Waals surface area contributed by atoms with Gasteiger partial charge in [0.2, 0.25) is 0 Å². The lowest BCUT2D eigenvalue weighted by molar-refractivity contribution is -0.274. The molecule has 0 bridgehead atoms. The van der Waals surface area contributed by atoms with E-state index in [0.29, 0.717) is 5.56 Å². The van der Waals surface area contributed by atoms with Crippen molar-refractivity contribution in [3.05, 3.63) is 35.9 Å². The number of hydrogen-bond acceptors (Lipinski definition) is 2. The van der Waals surface area contributed by atoms with E-state index in [2.05, 4.69) is 16.6 Å². The molecule has 0 fully saturated rings. The Kier molecular flexibility index (Phi) is 3.77. The van der Waals surface area contributed by atoms with E-state index in [9.17, 15) is 18.0 Å². The van der Waals surface area contributed by atoms with Gasteiger partial charge in [-0.3, -0.25) is 4.79 Å². The van der Waals surface area contributed by atoms with Gasteiger partial charge in [-0.05, 0) is 17.7 Å². The van der Waals surface area contributed by atoms with Crippen molar-refractivity contribution in [2.24, 2.45) is 0 Å². The van der Waals surface area contributed by atoms with E-state index in [4.69, 9.17) is 0 Å². The van der Waals surface area contributed by atoms with Crippen molar-refractivity contribution in [2.45, 2.75) is 6.36 Å². The minimum Gasteiger partial charge on any atom is -0.405 e. The zero-order chi connectivity index (χ0) is 13.1. The highest BCUT2D eigenvalue weighted by Crippen LogP contribution is 2.27. The average Bonchev–Trinajstić information content (AvgIpc) is 2.26. The summed E-state index contributed by atoms with van der Waals surface area (Å²) in [6.07, 6.45) is -3.41. The Morgan fingerprint density at radius 1 is 1.47 bits per heavy atom. The summed E-state index contributed by atoms with van der Waals surface area (Å²) < 4.78 is 40.1. The predicted octanol–water partition coefficient (Wildman–Crippen LogP) is 2.59. The molecule has 0 aliphatic carbocycles. The number of alkyl halides is 3. The summed E-state index contributed by atoms with van der Waals surface area (Å²) in [7, 11) is 1.32. The highest BCUT2D eigenvalue weighted by atomic mass is 19.4. The van der Waals surface area contributed by atoms with Crippen LogP contribution in [0.1, 0.15) is 15.9 Å². The van der Waals surface area contributed by atoms with Crippen molar-refractivity contribution in [2.75, 3.05) is 7.05 Å². The smallest absolute Gasteiger partial charge is 0.405 e. The molecule has 1 amide bonds. The minimum absolute atomic E-state index is 0.192. The van der Waals surface area contributed by atoms with E-state index in [1.165, 1.54) is 25.3 Å². The summed E-state index contributed by atoms with van der Waals surface area (Å²) in [6.45, 7) is 3.47. The summed E-state index contributed by atoms with van der Waals surface area (Å²) in [5.74, 6) is -1.20. The Bertz CT molecular complexity index is 441. The Morgan fingerprint density at radius 3 is 2.59 bits per heavy atom. The Labute approximate surface area is 95.9 Å². The molecule has 0 aromatic heterocycles. The zero-order valence-electron chi connectivity index (χ0n) is 8.97. The molecule has 0 heterocycles. The maximum atomic E-state index is 12.1. The van der Waals surface area contributed by atoms with Crippen molar-refractivity contribution in [3.63, 3.8) is 0 Å². The third-order valence-corrected chi connectivity index (χ3v) is 1.94. The number of ether oxygens (including phenoxy) is 1. The minimum atomic E-state index is -4.83. The fourth-order valence-electron chi connectivity index (χ4n) is 1.20. The number of halogens is 3. The molecule has 0 spiro atoms. The number of hydrogen-bond donors (Lipinski definition) is 1. The van der Waals surface area contributed by atoms with Gasteiger partial charge in [-0.25, -0.2) is 0 Å². The van der Waals surface area contributed by atoms with E-state index in [0.717, 1.165) is 6.07 Å². The summed E-state index contributed by atoms with van der Waals surface area (Å²) in [4.78, 5) is 11.4. The van der Waals surface area contributed by atoms with Crippen LogP contribution in [-0.2, 0) is 0 Å². The number of carbonyl (C=O) groups excluding carboxylic acids is 1. The van der Waals surface area contributed by atoms with Crippen LogP contribution in [0.2, 0.25) is 0 Å². The quantitative estimate of drug-likeness (QED) is 0.888. The predicted molar refractivity (Wildman–Crippen MR) is 56.6 cm³/mol. The van der Waals surface area contributed by atoms with E-state index in [-0.39, 0.29) is 5.56 Å². The molecule has 0 aliphatic heterocycles. The summed E-state index contributed by atoms with van der Waals surface area (Å²) in [5, 5.41) is 2.24. The van der Waals surface area contributed by atoms with Gasteiger partial charge in [0.25, 0.3) is 5.91 Å². The first kappa shape index (κ1) is 13.1. The molecule has 3 nitrogen and oxygen atoms in total. The number of benzene rings is 1. The monoisotopic (exact) mass is 245 g/mol. The van der Waals surface area contributed by atoms with Crippen LogP contribution >= 0.6 is 0 Å². The second-order valence-corrected chi connectivity index (χ2v) is 3.09. The molecule has 0 aliphatic rings. The maximum absolute atomic E-state index is 12.1. The fourth-order valence-corrected chi connectivity index (χ4v) is 1.20. The lowest BCUT2D eigenvalue weighted by Crippen LogP contribution is -2.23. The number of amides is 1. The standard InChI is InChI=1S/C11H10F3NO2/c1-3-7-4-5-9(17-11(12,13)14)8(6-7)10(16)15-2/h3-6H,1H2,2H3,(H,15,16). The van der Waals surface area contributed by atoms with Gasteiger partial charge in [-0.2, -0.15) is 0 Å². The lowest BCUT2D eigenvalue weighted by atomic mass is 10.1. The van der Waals surface area contributed by atoms with Crippen LogP contribution in [0.3, 0.4) is 0 Å². The van der Waals surface area contributed by atoms with Crippen LogP contribution in [0, 0.1) is 0 Å². The van der Waals surface area contributed by atoms with Crippen LogP contribution in [-0.4, -0.2) is 19.3 Å². The van der Waals surface area contributed by atoms with Gasteiger partial charge >= 0.3 is 6.36 Å². The number of rotatable bonds is 3. The fraction of sp³-hybridized carbons (Fsp3) is 0.182. The lowest BCUT2D eigenvalue weighted by Gasteiger charge is -2.13. The largest absolute Gasteiger partial charge is 0.573 e. The molecule has 0 saturated heterocycles. The molecule has 92 valence electrons. The maximum Gasteiger partial charge on any atom is 0.573 e. The van der Waals surface area contributed by atoms with Gasteiger partial charge in [-0.15, -0.1) is 13.2 Å². The SMILES string of the molecule is C=Cc1ccc(OC(F)(F)F)c(C(=O)NC)c1. The van der Waals surface area contributed by atoms with Gasteiger partial charge < -0.3 is 10.1 Å². The summed E-state index contributed by atoms with van der Waals surface area (Å²) in [5.41, 5.74) is 0.334.